The van der Waals surface area contributed by atoms with Crippen molar-refractivity contribution >= 4 is 11.8 Å². The quantitative estimate of drug-likeness (QED) is 0.919. The number of nitrogens with one attached hydrogen (secondary N) is 1. The zero-order valence-electron chi connectivity index (χ0n) is 13.8. The highest BCUT2D eigenvalue weighted by molar-refractivity contribution is 5.97. The maximum Gasteiger partial charge on any atom is 0.255 e. The van der Waals surface area contributed by atoms with Crippen LogP contribution in [0, 0.1) is 0 Å². The molecule has 1 saturated heterocycles. The first-order valence-corrected chi connectivity index (χ1v) is 8.32. The summed E-state index contributed by atoms with van der Waals surface area (Å²) in [6, 6.07) is 11.4. The maximum absolute atomic E-state index is 12.7. The van der Waals surface area contributed by atoms with E-state index >= 15 is 0 Å². The van der Waals surface area contributed by atoms with Gasteiger partial charge in [0.2, 0.25) is 5.91 Å². The van der Waals surface area contributed by atoms with Crippen LogP contribution >= 0.6 is 0 Å². The number of nitrogens with zero attached hydrogens (tertiary/aromatic N) is 1. The molecular weight excluding hydrogens is 304 g/mol. The molecule has 2 atom stereocenters. The molecule has 2 amide bonds. The van der Waals surface area contributed by atoms with Crippen LogP contribution in [0.3, 0.4) is 0 Å². The summed E-state index contributed by atoms with van der Waals surface area (Å²) in [4.78, 5) is 26.7. The Balaban J connectivity index is 1.61. The van der Waals surface area contributed by atoms with Gasteiger partial charge in [-0.1, -0.05) is 30.3 Å². The monoisotopic (exact) mass is 326 g/mol. The third-order valence-electron chi connectivity index (χ3n) is 4.48. The lowest BCUT2D eigenvalue weighted by Crippen LogP contribution is -2.49. The van der Waals surface area contributed by atoms with Gasteiger partial charge in [0, 0.05) is 12.6 Å². The summed E-state index contributed by atoms with van der Waals surface area (Å²) in [7, 11) is 0. The number of furan rings is 1. The predicted molar refractivity (Wildman–Crippen MR) is 90.5 cm³/mol. The summed E-state index contributed by atoms with van der Waals surface area (Å²) >= 11 is 0. The second-order valence-electron chi connectivity index (χ2n) is 6.22. The Hall–Kier alpha value is -2.56. The van der Waals surface area contributed by atoms with E-state index in [2.05, 4.69) is 17.4 Å². The Morgan fingerprint density at radius 2 is 2.08 bits per heavy atom. The SMILES string of the molecule is C[C@@H](NC(=O)c1ccoc1)C(=O)N1CCC[C@@H]1Cc1ccccc1. The molecule has 0 spiro atoms. The van der Waals surface area contributed by atoms with Crippen molar-refractivity contribution in [2.75, 3.05) is 6.54 Å². The largest absolute Gasteiger partial charge is 0.472 e. The van der Waals surface area contributed by atoms with Crippen molar-refractivity contribution in [1.29, 1.82) is 0 Å². The lowest BCUT2D eigenvalue weighted by Gasteiger charge is -2.28. The minimum absolute atomic E-state index is 0.0229. The zero-order valence-corrected chi connectivity index (χ0v) is 13.8. The molecule has 2 aromatic rings. The molecule has 126 valence electrons. The zero-order chi connectivity index (χ0) is 16.9. The summed E-state index contributed by atoms with van der Waals surface area (Å²) < 4.78 is 4.90. The fraction of sp³-hybridized carbons (Fsp3) is 0.368. The molecule has 24 heavy (non-hydrogen) atoms. The van der Waals surface area contributed by atoms with Crippen LogP contribution in [0.1, 0.15) is 35.7 Å². The highest BCUT2D eigenvalue weighted by Crippen LogP contribution is 2.22. The van der Waals surface area contributed by atoms with Crippen molar-refractivity contribution in [3.63, 3.8) is 0 Å². The summed E-state index contributed by atoms with van der Waals surface area (Å²) in [6.45, 7) is 2.49. The van der Waals surface area contributed by atoms with Crippen LogP contribution in [0.5, 0.6) is 0 Å². The second-order valence-corrected chi connectivity index (χ2v) is 6.22. The molecule has 1 aliphatic rings. The molecule has 0 saturated carbocycles. The molecule has 0 aliphatic carbocycles. The lowest BCUT2D eigenvalue weighted by atomic mass is 10.0. The number of amides is 2. The van der Waals surface area contributed by atoms with Gasteiger partial charge in [0.25, 0.3) is 5.91 Å². The normalized spacial score (nSPS) is 18.4. The van der Waals surface area contributed by atoms with Crippen LogP contribution in [0.15, 0.2) is 53.3 Å². The van der Waals surface area contributed by atoms with Crippen LogP contribution < -0.4 is 5.32 Å². The molecule has 1 N–H and O–H groups in total. The highest BCUT2D eigenvalue weighted by atomic mass is 16.3. The number of rotatable bonds is 5. The van der Waals surface area contributed by atoms with E-state index in [0.717, 1.165) is 25.8 Å². The number of hydrogen-bond acceptors (Lipinski definition) is 3. The van der Waals surface area contributed by atoms with Crippen molar-refractivity contribution < 1.29 is 14.0 Å². The van der Waals surface area contributed by atoms with Crippen LogP contribution in [-0.4, -0.2) is 35.3 Å². The minimum Gasteiger partial charge on any atom is -0.472 e. The van der Waals surface area contributed by atoms with Crippen molar-refractivity contribution in [2.24, 2.45) is 0 Å². The molecule has 1 aromatic carbocycles. The Morgan fingerprint density at radius 1 is 1.29 bits per heavy atom. The van der Waals surface area contributed by atoms with Gasteiger partial charge in [-0.3, -0.25) is 9.59 Å². The number of hydrogen-bond donors (Lipinski definition) is 1. The van der Waals surface area contributed by atoms with E-state index in [1.54, 1.807) is 13.0 Å². The average molecular weight is 326 g/mol. The minimum atomic E-state index is -0.552. The van der Waals surface area contributed by atoms with Gasteiger partial charge in [-0.2, -0.15) is 0 Å². The molecule has 1 aromatic heterocycles. The van der Waals surface area contributed by atoms with E-state index in [1.165, 1.54) is 18.1 Å². The first kappa shape index (κ1) is 16.3. The topological polar surface area (TPSA) is 62.6 Å². The van der Waals surface area contributed by atoms with Crippen LogP contribution in [0.4, 0.5) is 0 Å². The first-order valence-electron chi connectivity index (χ1n) is 8.32. The lowest BCUT2D eigenvalue weighted by molar-refractivity contribution is -0.133. The Bertz CT molecular complexity index is 682. The Morgan fingerprint density at radius 3 is 2.79 bits per heavy atom. The number of likely N-dealkylation sites (tertiary alicyclic amines) is 1. The molecule has 3 rings (SSSR count). The smallest absolute Gasteiger partial charge is 0.255 e. The van der Waals surface area contributed by atoms with Gasteiger partial charge in [0.1, 0.15) is 12.3 Å². The standard InChI is InChI=1S/C19H22N2O3/c1-14(20-18(22)16-9-11-24-13-16)19(23)21-10-5-8-17(21)12-15-6-3-2-4-7-15/h2-4,6-7,9,11,13-14,17H,5,8,10,12H2,1H3,(H,20,22)/t14-,17-/m1/s1. The number of carbonyl (C=O) groups is 2. The molecular formula is C19H22N2O3. The van der Waals surface area contributed by atoms with E-state index in [9.17, 15) is 9.59 Å². The Labute approximate surface area is 141 Å². The van der Waals surface area contributed by atoms with Crippen LogP contribution in [0.25, 0.3) is 0 Å². The van der Waals surface area contributed by atoms with Gasteiger partial charge < -0.3 is 14.6 Å². The van der Waals surface area contributed by atoms with Crippen LogP contribution in [0.2, 0.25) is 0 Å². The van der Waals surface area contributed by atoms with Crippen molar-refractivity contribution in [1.82, 2.24) is 10.2 Å². The van der Waals surface area contributed by atoms with Crippen LogP contribution in [-0.2, 0) is 11.2 Å². The van der Waals surface area contributed by atoms with E-state index in [-0.39, 0.29) is 17.9 Å². The molecule has 0 unspecified atom stereocenters. The van der Waals surface area contributed by atoms with Crippen molar-refractivity contribution in [3.05, 3.63) is 60.1 Å². The molecule has 5 nitrogen and oxygen atoms in total. The highest BCUT2D eigenvalue weighted by Gasteiger charge is 2.32. The number of benzene rings is 1. The maximum atomic E-state index is 12.7. The van der Waals surface area contributed by atoms with E-state index in [4.69, 9.17) is 4.42 Å². The van der Waals surface area contributed by atoms with Crippen molar-refractivity contribution in [2.45, 2.75) is 38.3 Å². The summed E-state index contributed by atoms with van der Waals surface area (Å²) in [5.74, 6) is -0.311. The van der Waals surface area contributed by atoms with E-state index in [1.807, 2.05) is 23.1 Å². The third-order valence-corrected chi connectivity index (χ3v) is 4.48. The van der Waals surface area contributed by atoms with Gasteiger partial charge in [0.15, 0.2) is 0 Å². The first-order chi connectivity index (χ1) is 11.6. The molecule has 0 radical (unpaired) electrons. The average Bonchev–Trinajstić information content (AvgIpc) is 3.27. The second kappa shape index (κ2) is 7.34. The summed E-state index contributed by atoms with van der Waals surface area (Å²) in [5.41, 5.74) is 1.66. The molecule has 1 fully saturated rings. The van der Waals surface area contributed by atoms with E-state index < -0.39 is 6.04 Å². The van der Waals surface area contributed by atoms with Gasteiger partial charge in [-0.05, 0) is 37.8 Å². The predicted octanol–water partition coefficient (Wildman–Crippen LogP) is 2.63. The van der Waals surface area contributed by atoms with E-state index in [0.29, 0.717) is 5.56 Å². The fourth-order valence-corrected chi connectivity index (χ4v) is 3.21. The number of carbonyl (C=O) groups excluding carboxylic acids is 2. The molecule has 1 aliphatic heterocycles. The summed E-state index contributed by atoms with van der Waals surface area (Å²) in [5, 5.41) is 2.75. The van der Waals surface area contributed by atoms with Gasteiger partial charge in [-0.15, -0.1) is 0 Å². The summed E-state index contributed by atoms with van der Waals surface area (Å²) in [6.07, 6.45) is 5.68. The fourth-order valence-electron chi connectivity index (χ4n) is 3.21. The third kappa shape index (κ3) is 3.67. The molecule has 0 bridgehead atoms. The van der Waals surface area contributed by atoms with Crippen molar-refractivity contribution in [3.8, 4) is 0 Å². The van der Waals surface area contributed by atoms with Gasteiger partial charge in [0.05, 0.1) is 11.8 Å². The molecule has 2 heterocycles. The van der Waals surface area contributed by atoms with Gasteiger partial charge in [-0.25, -0.2) is 0 Å². The Kier molecular flexibility index (Phi) is 4.99. The van der Waals surface area contributed by atoms with Gasteiger partial charge >= 0.3 is 0 Å². The molecule has 5 heteroatoms.